The van der Waals surface area contributed by atoms with Gasteiger partial charge in [0.15, 0.2) is 5.76 Å². The van der Waals surface area contributed by atoms with Crippen LogP contribution < -0.4 is 0 Å². The van der Waals surface area contributed by atoms with Gasteiger partial charge in [-0.3, -0.25) is 9.78 Å². The molecular weight excluding hydrogens is 216 g/mol. The number of ketones is 1. The first-order valence-electron chi connectivity index (χ1n) is 5.12. The topological polar surface area (TPSA) is 66.9 Å². The normalized spacial score (nSPS) is 11.8. The van der Waals surface area contributed by atoms with E-state index in [0.717, 1.165) is 5.56 Å². The van der Waals surface area contributed by atoms with Crippen LogP contribution in [-0.4, -0.2) is 10.8 Å². The van der Waals surface area contributed by atoms with Crippen LogP contribution in [0.1, 0.15) is 27.6 Å². The first-order valence-corrected chi connectivity index (χ1v) is 5.12. The number of nitrogens with zero attached hydrogens (tertiary/aromatic N) is 2. The number of aryl methyl sites for hydroxylation is 1. The van der Waals surface area contributed by atoms with E-state index in [1.807, 2.05) is 6.07 Å². The molecule has 0 aliphatic heterocycles. The fourth-order valence-corrected chi connectivity index (χ4v) is 1.60. The maximum Gasteiger partial charge on any atom is 0.219 e. The molecule has 2 heterocycles. The first kappa shape index (κ1) is 11.1. The van der Waals surface area contributed by atoms with Gasteiger partial charge in [0, 0.05) is 12.4 Å². The molecule has 0 amide bonds. The van der Waals surface area contributed by atoms with Crippen LogP contribution in [0.15, 0.2) is 41.3 Å². The zero-order valence-electron chi connectivity index (χ0n) is 9.25. The number of rotatable bonds is 3. The van der Waals surface area contributed by atoms with E-state index in [9.17, 15) is 4.79 Å². The molecule has 4 heteroatoms. The molecule has 0 bridgehead atoms. The molecule has 1 unspecified atom stereocenters. The van der Waals surface area contributed by atoms with E-state index in [0.29, 0.717) is 5.56 Å². The molecule has 0 saturated carbocycles. The summed E-state index contributed by atoms with van der Waals surface area (Å²) in [4.78, 5) is 16.0. The van der Waals surface area contributed by atoms with Gasteiger partial charge in [0.25, 0.3) is 0 Å². The fraction of sp³-hybridized carbons (Fsp3) is 0.154. The molecule has 0 aromatic carbocycles. The van der Waals surface area contributed by atoms with Crippen molar-refractivity contribution in [1.29, 1.82) is 5.26 Å². The molecule has 0 fully saturated rings. The summed E-state index contributed by atoms with van der Waals surface area (Å²) in [5, 5.41) is 9.11. The summed E-state index contributed by atoms with van der Waals surface area (Å²) >= 11 is 0. The lowest BCUT2D eigenvalue weighted by molar-refractivity contribution is 0.0951. The third kappa shape index (κ3) is 2.08. The summed E-state index contributed by atoms with van der Waals surface area (Å²) in [5.41, 5.74) is 1.37. The Morgan fingerprint density at radius 1 is 1.41 bits per heavy atom. The van der Waals surface area contributed by atoms with Crippen LogP contribution in [0.2, 0.25) is 0 Å². The second kappa shape index (κ2) is 4.62. The summed E-state index contributed by atoms with van der Waals surface area (Å²) in [7, 11) is 0. The molecule has 17 heavy (non-hydrogen) atoms. The highest BCUT2D eigenvalue weighted by Gasteiger charge is 2.25. The second-order valence-electron chi connectivity index (χ2n) is 3.64. The quantitative estimate of drug-likeness (QED) is 0.754. The van der Waals surface area contributed by atoms with Gasteiger partial charge in [0.05, 0.1) is 12.3 Å². The van der Waals surface area contributed by atoms with Gasteiger partial charge >= 0.3 is 0 Å². The maximum atomic E-state index is 12.1. The van der Waals surface area contributed by atoms with Crippen LogP contribution in [0.4, 0.5) is 0 Å². The lowest BCUT2D eigenvalue weighted by Gasteiger charge is -2.06. The van der Waals surface area contributed by atoms with Crippen molar-refractivity contribution in [3.05, 3.63) is 53.7 Å². The average molecular weight is 226 g/mol. The van der Waals surface area contributed by atoms with Gasteiger partial charge in [-0.25, -0.2) is 0 Å². The van der Waals surface area contributed by atoms with E-state index in [1.54, 1.807) is 37.5 Å². The predicted molar refractivity (Wildman–Crippen MR) is 60.4 cm³/mol. The Labute approximate surface area is 98.5 Å². The number of nitriles is 1. The van der Waals surface area contributed by atoms with Crippen molar-refractivity contribution in [3.63, 3.8) is 0 Å². The van der Waals surface area contributed by atoms with Gasteiger partial charge in [-0.15, -0.1) is 0 Å². The molecule has 2 rings (SSSR count). The number of hydrogen-bond donors (Lipinski definition) is 0. The van der Waals surface area contributed by atoms with Crippen LogP contribution >= 0.6 is 0 Å². The molecule has 4 nitrogen and oxygen atoms in total. The van der Waals surface area contributed by atoms with Crippen LogP contribution in [0.3, 0.4) is 0 Å². The SMILES string of the molecule is Cc1ccoc1C(=O)C(C#N)c1ccncc1. The number of Topliss-reactive ketones (excluding diaryl/α,β-unsaturated/α-hetero) is 1. The minimum Gasteiger partial charge on any atom is -0.461 e. The molecule has 0 spiro atoms. The van der Waals surface area contributed by atoms with Crippen molar-refractivity contribution in [1.82, 2.24) is 4.98 Å². The summed E-state index contributed by atoms with van der Waals surface area (Å²) in [6.07, 6.45) is 4.56. The monoisotopic (exact) mass is 226 g/mol. The van der Waals surface area contributed by atoms with Crippen LogP contribution in [-0.2, 0) is 0 Å². The first-order chi connectivity index (χ1) is 8.24. The number of carbonyl (C=O) groups is 1. The molecule has 1 atom stereocenters. The van der Waals surface area contributed by atoms with Gasteiger partial charge in [-0.1, -0.05) is 0 Å². The van der Waals surface area contributed by atoms with Crippen molar-refractivity contribution in [2.75, 3.05) is 0 Å². The lowest BCUT2D eigenvalue weighted by atomic mass is 9.94. The van der Waals surface area contributed by atoms with E-state index >= 15 is 0 Å². The number of carbonyl (C=O) groups excluding carboxylic acids is 1. The Bertz CT molecular complexity index is 567. The predicted octanol–water partition coefficient (Wildman–Crippen LogP) is 2.47. The molecular formula is C13H10N2O2. The highest BCUT2D eigenvalue weighted by atomic mass is 16.3. The third-order valence-corrected chi connectivity index (χ3v) is 2.52. The third-order valence-electron chi connectivity index (χ3n) is 2.52. The molecule has 0 radical (unpaired) electrons. The molecule has 0 aliphatic carbocycles. The minimum absolute atomic E-state index is 0.244. The molecule has 0 N–H and O–H groups in total. The van der Waals surface area contributed by atoms with Crippen LogP contribution in [0.5, 0.6) is 0 Å². The van der Waals surface area contributed by atoms with E-state index in [-0.39, 0.29) is 11.5 Å². The number of aromatic nitrogens is 1. The van der Waals surface area contributed by atoms with Crippen molar-refractivity contribution < 1.29 is 9.21 Å². The smallest absolute Gasteiger partial charge is 0.219 e. The van der Waals surface area contributed by atoms with Gasteiger partial charge < -0.3 is 4.42 Å². The Balaban J connectivity index is 2.36. The Morgan fingerprint density at radius 3 is 2.65 bits per heavy atom. The molecule has 2 aromatic heterocycles. The summed E-state index contributed by atoms with van der Waals surface area (Å²) in [5.74, 6) is -0.919. The van der Waals surface area contributed by atoms with Crippen molar-refractivity contribution >= 4 is 5.78 Å². The van der Waals surface area contributed by atoms with E-state index < -0.39 is 5.92 Å². The van der Waals surface area contributed by atoms with E-state index in [1.165, 1.54) is 6.26 Å². The molecule has 2 aromatic rings. The highest BCUT2D eigenvalue weighted by Crippen LogP contribution is 2.22. The Morgan fingerprint density at radius 2 is 2.12 bits per heavy atom. The fourth-order valence-electron chi connectivity index (χ4n) is 1.60. The van der Waals surface area contributed by atoms with E-state index in [4.69, 9.17) is 9.68 Å². The Hall–Kier alpha value is -2.41. The molecule has 0 saturated heterocycles. The minimum atomic E-state index is -0.845. The second-order valence-corrected chi connectivity index (χ2v) is 3.64. The largest absolute Gasteiger partial charge is 0.461 e. The zero-order valence-corrected chi connectivity index (χ0v) is 9.25. The average Bonchev–Trinajstić information content (AvgIpc) is 2.77. The molecule has 0 aliphatic rings. The van der Waals surface area contributed by atoms with Gasteiger partial charge in [-0.2, -0.15) is 5.26 Å². The van der Waals surface area contributed by atoms with Gasteiger partial charge in [-0.05, 0) is 36.2 Å². The summed E-state index contributed by atoms with van der Waals surface area (Å²) in [6, 6.07) is 7.01. The maximum absolute atomic E-state index is 12.1. The van der Waals surface area contributed by atoms with E-state index in [2.05, 4.69) is 4.98 Å². The Kier molecular flexibility index (Phi) is 3.01. The lowest BCUT2D eigenvalue weighted by Crippen LogP contribution is -2.11. The van der Waals surface area contributed by atoms with Gasteiger partial charge in [0.2, 0.25) is 5.78 Å². The van der Waals surface area contributed by atoms with Crippen LogP contribution in [0, 0.1) is 18.3 Å². The summed E-state index contributed by atoms with van der Waals surface area (Å²) in [6.45, 7) is 1.78. The number of pyridine rings is 1. The van der Waals surface area contributed by atoms with Crippen LogP contribution in [0.25, 0.3) is 0 Å². The number of furan rings is 1. The molecule has 84 valence electrons. The standard InChI is InChI=1S/C13H10N2O2/c1-9-4-7-17-13(9)12(16)11(8-14)10-2-5-15-6-3-10/h2-7,11H,1H3. The zero-order chi connectivity index (χ0) is 12.3. The summed E-state index contributed by atoms with van der Waals surface area (Å²) < 4.78 is 5.11. The van der Waals surface area contributed by atoms with Crippen molar-refractivity contribution in [2.24, 2.45) is 0 Å². The highest BCUT2D eigenvalue weighted by molar-refractivity contribution is 6.01. The number of hydrogen-bond acceptors (Lipinski definition) is 4. The van der Waals surface area contributed by atoms with Crippen molar-refractivity contribution in [3.8, 4) is 6.07 Å². The van der Waals surface area contributed by atoms with Gasteiger partial charge in [0.1, 0.15) is 5.92 Å². The van der Waals surface area contributed by atoms with Crippen molar-refractivity contribution in [2.45, 2.75) is 12.8 Å².